The van der Waals surface area contributed by atoms with Gasteiger partial charge in [0, 0.05) is 29.8 Å². The van der Waals surface area contributed by atoms with Crippen molar-refractivity contribution in [2.45, 2.75) is 116 Å². The topological polar surface area (TPSA) is 86.0 Å². The Labute approximate surface area is 233 Å². The van der Waals surface area contributed by atoms with Crippen LogP contribution in [-0.4, -0.2) is 27.0 Å². The summed E-state index contributed by atoms with van der Waals surface area (Å²) >= 11 is 4.12. The molecule has 1 aromatic rings. The highest BCUT2D eigenvalue weighted by Crippen LogP contribution is 2.34. The van der Waals surface area contributed by atoms with Crippen LogP contribution in [0.25, 0.3) is 0 Å². The fraction of sp³-hybridized carbons (Fsp3) is 0.741. The van der Waals surface area contributed by atoms with Gasteiger partial charge in [0.05, 0.1) is 18.3 Å². The molecule has 0 unspecified atom stereocenters. The van der Waals surface area contributed by atoms with Crippen LogP contribution in [0.15, 0.2) is 11.1 Å². The summed E-state index contributed by atoms with van der Waals surface area (Å²) in [7, 11) is 0. The standard InChI is InChI=1S/C27H47N5OS3/c1-5-9-11-13-15-17-19-30-24-21-25(29)31(20-18-16-14-12-10-6-2)26(23(24)22-28)36-27(33)32(34-7-3)35-8-4/h21H,5-20H2,1-4H3,(H2,29,30)/p+1. The summed E-state index contributed by atoms with van der Waals surface area (Å²) in [5.74, 6) is 2.22. The van der Waals surface area contributed by atoms with E-state index in [9.17, 15) is 10.1 Å². The Balaban J connectivity index is 3.08. The van der Waals surface area contributed by atoms with E-state index in [0.717, 1.165) is 54.8 Å². The largest absolute Gasteiger partial charge is 0.384 e. The zero-order chi connectivity index (χ0) is 26.6. The molecule has 0 aliphatic carbocycles. The van der Waals surface area contributed by atoms with Gasteiger partial charge in [-0.15, -0.1) is 0 Å². The van der Waals surface area contributed by atoms with Crippen molar-refractivity contribution >= 4 is 52.4 Å². The minimum absolute atomic E-state index is 0.0747. The average molecular weight is 555 g/mol. The number of hydrogen-bond donors (Lipinski definition) is 2. The highest BCUT2D eigenvalue weighted by atomic mass is 32.2. The van der Waals surface area contributed by atoms with Crippen molar-refractivity contribution in [3.8, 4) is 6.07 Å². The molecule has 0 spiro atoms. The highest BCUT2D eigenvalue weighted by Gasteiger charge is 2.27. The lowest BCUT2D eigenvalue weighted by molar-refractivity contribution is -0.719. The molecule has 0 bridgehead atoms. The SMILES string of the molecule is CCCCCCCCNc1cc(N)[n+](CCCCCCCC)c(SC(=O)N(SCC)SCC)c1C#N. The number of nitrogens with zero attached hydrogens (tertiary/aromatic N) is 3. The molecule has 0 fully saturated rings. The first-order valence-corrected chi connectivity index (χ1v) is 16.5. The number of unbranched alkanes of at least 4 members (excludes halogenated alkanes) is 10. The van der Waals surface area contributed by atoms with Crippen LogP contribution in [-0.2, 0) is 6.54 Å². The Kier molecular flexibility index (Phi) is 18.9. The number of nitrogens with two attached hydrogens (primary N) is 1. The molecule has 0 saturated carbocycles. The number of anilines is 2. The zero-order valence-corrected chi connectivity index (χ0v) is 25.4. The molecule has 1 aromatic heterocycles. The molecule has 0 atom stereocenters. The minimum atomic E-state index is -0.0747. The molecule has 1 amide bonds. The van der Waals surface area contributed by atoms with Crippen molar-refractivity contribution in [3.05, 3.63) is 11.6 Å². The van der Waals surface area contributed by atoms with Crippen LogP contribution in [0, 0.1) is 11.3 Å². The van der Waals surface area contributed by atoms with Crippen LogP contribution in [0.1, 0.15) is 110 Å². The highest BCUT2D eigenvalue weighted by molar-refractivity contribution is 8.19. The van der Waals surface area contributed by atoms with Gasteiger partial charge >= 0.3 is 5.24 Å². The predicted octanol–water partition coefficient (Wildman–Crippen LogP) is 8.41. The van der Waals surface area contributed by atoms with Crippen molar-refractivity contribution in [1.29, 1.82) is 5.26 Å². The van der Waals surface area contributed by atoms with Gasteiger partial charge in [-0.05, 0) is 43.2 Å². The maximum absolute atomic E-state index is 13.2. The monoisotopic (exact) mass is 554 g/mol. The van der Waals surface area contributed by atoms with Gasteiger partial charge < -0.3 is 5.32 Å². The van der Waals surface area contributed by atoms with Crippen molar-refractivity contribution in [3.63, 3.8) is 0 Å². The molecule has 1 rings (SSSR count). The normalized spacial score (nSPS) is 10.9. The molecular formula is C27H48N5OS3+. The van der Waals surface area contributed by atoms with Crippen LogP contribution in [0.5, 0.6) is 0 Å². The van der Waals surface area contributed by atoms with Gasteiger partial charge in [0.2, 0.25) is 0 Å². The van der Waals surface area contributed by atoms with Gasteiger partial charge in [-0.25, -0.2) is 8.28 Å². The van der Waals surface area contributed by atoms with E-state index in [1.807, 2.05) is 24.5 Å². The Bertz CT molecular complexity index is 795. The number of carbonyl (C=O) groups is 1. The molecule has 9 heteroatoms. The number of thioether (sulfide) groups is 1. The molecule has 0 aromatic carbocycles. The van der Waals surface area contributed by atoms with Gasteiger partial charge in [-0.1, -0.05) is 85.5 Å². The average Bonchev–Trinajstić information content (AvgIpc) is 2.86. The van der Waals surface area contributed by atoms with E-state index in [1.54, 1.807) is 3.71 Å². The first-order valence-electron chi connectivity index (χ1n) is 13.8. The Morgan fingerprint density at radius 1 is 0.944 bits per heavy atom. The Morgan fingerprint density at radius 3 is 2.06 bits per heavy atom. The van der Waals surface area contributed by atoms with Gasteiger partial charge in [-0.3, -0.25) is 10.5 Å². The number of carbonyl (C=O) groups excluding carboxylic acids is 1. The third-order valence-corrected chi connectivity index (χ3v) is 9.01. The lowest BCUT2D eigenvalue weighted by Crippen LogP contribution is -2.41. The summed E-state index contributed by atoms with van der Waals surface area (Å²) in [6.07, 6.45) is 14.3. The summed E-state index contributed by atoms with van der Waals surface area (Å²) in [4.78, 5) is 13.2. The number of aromatic nitrogens is 1. The van der Waals surface area contributed by atoms with E-state index in [4.69, 9.17) is 5.73 Å². The van der Waals surface area contributed by atoms with Crippen LogP contribution < -0.4 is 15.6 Å². The van der Waals surface area contributed by atoms with Crippen LogP contribution in [0.2, 0.25) is 0 Å². The van der Waals surface area contributed by atoms with E-state index in [-0.39, 0.29) is 5.24 Å². The fourth-order valence-corrected chi connectivity index (χ4v) is 6.88. The fourth-order valence-electron chi connectivity index (χ4n) is 3.93. The van der Waals surface area contributed by atoms with Crippen molar-refractivity contribution in [2.75, 3.05) is 29.1 Å². The minimum Gasteiger partial charge on any atom is -0.384 e. The lowest BCUT2D eigenvalue weighted by Gasteiger charge is -2.19. The van der Waals surface area contributed by atoms with Gasteiger partial charge in [0.1, 0.15) is 11.6 Å². The van der Waals surface area contributed by atoms with Crippen LogP contribution in [0.4, 0.5) is 16.3 Å². The number of nitrogens with one attached hydrogen (secondary N) is 1. The number of nitriles is 1. The van der Waals surface area contributed by atoms with Crippen LogP contribution in [0.3, 0.4) is 0 Å². The number of pyridine rings is 1. The smallest absolute Gasteiger partial charge is 0.310 e. The van der Waals surface area contributed by atoms with Crippen molar-refractivity contribution in [2.24, 2.45) is 0 Å². The van der Waals surface area contributed by atoms with Gasteiger partial charge in [-0.2, -0.15) is 5.26 Å². The van der Waals surface area contributed by atoms with E-state index < -0.39 is 0 Å². The van der Waals surface area contributed by atoms with E-state index >= 15 is 0 Å². The number of amides is 1. The second-order valence-electron chi connectivity index (χ2n) is 8.85. The van der Waals surface area contributed by atoms with E-state index in [0.29, 0.717) is 23.0 Å². The van der Waals surface area contributed by atoms with Crippen molar-refractivity contribution in [1.82, 2.24) is 3.71 Å². The second-order valence-corrected chi connectivity index (χ2v) is 12.4. The number of hydrogen-bond acceptors (Lipinski definition) is 7. The molecule has 1 heterocycles. The van der Waals surface area contributed by atoms with Gasteiger partial charge in [0.25, 0.3) is 5.82 Å². The van der Waals surface area contributed by atoms with E-state index in [1.165, 1.54) is 81.7 Å². The summed E-state index contributed by atoms with van der Waals surface area (Å²) in [5, 5.41) is 14.2. The van der Waals surface area contributed by atoms with Gasteiger partial charge in [0.15, 0.2) is 5.03 Å². The lowest BCUT2D eigenvalue weighted by atomic mass is 10.1. The quantitative estimate of drug-likeness (QED) is 0.0724. The molecule has 0 saturated heterocycles. The zero-order valence-electron chi connectivity index (χ0n) is 22.9. The maximum atomic E-state index is 13.2. The van der Waals surface area contributed by atoms with E-state index in [2.05, 4.69) is 25.2 Å². The molecule has 6 nitrogen and oxygen atoms in total. The number of nitrogen functional groups attached to an aromatic ring is 1. The summed E-state index contributed by atoms with van der Waals surface area (Å²) < 4.78 is 3.70. The van der Waals surface area contributed by atoms with Crippen LogP contribution >= 0.6 is 35.7 Å². The second kappa shape index (κ2) is 20.8. The molecule has 0 aliphatic heterocycles. The Hall–Kier alpha value is -1.24. The van der Waals surface area contributed by atoms with Crippen molar-refractivity contribution < 1.29 is 9.36 Å². The predicted molar refractivity (Wildman–Crippen MR) is 160 cm³/mol. The molecule has 3 N–H and O–H groups in total. The molecular weight excluding hydrogens is 507 g/mol. The maximum Gasteiger partial charge on any atom is 0.310 e. The molecule has 36 heavy (non-hydrogen) atoms. The first-order chi connectivity index (χ1) is 17.5. The summed E-state index contributed by atoms with van der Waals surface area (Å²) in [6, 6.07) is 4.26. The number of rotatable bonds is 20. The molecule has 0 aliphatic rings. The Morgan fingerprint density at radius 2 is 1.50 bits per heavy atom. The third kappa shape index (κ3) is 12.3. The summed E-state index contributed by atoms with van der Waals surface area (Å²) in [6.45, 7) is 10.0. The first kappa shape index (κ1) is 32.8. The molecule has 0 radical (unpaired) electrons. The summed E-state index contributed by atoms with van der Waals surface area (Å²) in [5.41, 5.74) is 7.78. The third-order valence-electron chi connectivity index (χ3n) is 5.85. The molecule has 204 valence electrons.